The Morgan fingerprint density at radius 1 is 1.16 bits per heavy atom. The fourth-order valence-corrected chi connectivity index (χ4v) is 2.18. The Balaban J connectivity index is 3.28. The second kappa shape index (κ2) is 5.24. The van der Waals surface area contributed by atoms with E-state index in [1.54, 1.807) is 6.07 Å². The van der Waals surface area contributed by atoms with E-state index in [1.807, 2.05) is 26.0 Å². The van der Waals surface area contributed by atoms with Crippen LogP contribution in [0.25, 0.3) is 0 Å². The maximum absolute atomic E-state index is 11.0. The van der Waals surface area contributed by atoms with Crippen LogP contribution in [0.1, 0.15) is 58.6 Å². The van der Waals surface area contributed by atoms with Crippen LogP contribution < -0.4 is 0 Å². The molecule has 0 unspecified atom stereocenters. The lowest BCUT2D eigenvalue weighted by atomic mass is 9.76. The van der Waals surface area contributed by atoms with Crippen molar-refractivity contribution in [2.24, 2.45) is 0 Å². The van der Waals surface area contributed by atoms with E-state index in [0.717, 1.165) is 12.0 Å². The number of carbonyl (C=O) groups is 1. The normalized spacial score (nSPS) is 12.5. The third kappa shape index (κ3) is 3.49. The van der Waals surface area contributed by atoms with E-state index in [0.29, 0.717) is 5.56 Å². The Morgan fingerprint density at radius 2 is 1.74 bits per heavy atom. The fourth-order valence-electron chi connectivity index (χ4n) is 2.18. The molecule has 2 N–H and O–H groups in total. The first-order chi connectivity index (χ1) is 8.60. The van der Waals surface area contributed by atoms with Gasteiger partial charge < -0.3 is 10.2 Å². The van der Waals surface area contributed by atoms with Crippen LogP contribution in [-0.4, -0.2) is 16.2 Å². The predicted molar refractivity (Wildman–Crippen MR) is 76.7 cm³/mol. The minimum absolute atomic E-state index is 0.00341. The van der Waals surface area contributed by atoms with Gasteiger partial charge in [0.1, 0.15) is 5.75 Å². The predicted octanol–water partition coefficient (Wildman–Crippen LogP) is 3.83. The number of aromatic hydroxyl groups is 1. The lowest BCUT2D eigenvalue weighted by molar-refractivity contribution is -0.138. The standard InChI is InChI=1S/C16H24O3/c1-6-15(2,3)11-7-8-13(17)12(9-11)16(4,5)10-14(18)19/h7-9,17H,6,10H2,1-5H3,(H,18,19). The summed E-state index contributed by atoms with van der Waals surface area (Å²) >= 11 is 0. The molecular weight excluding hydrogens is 240 g/mol. The number of hydrogen-bond acceptors (Lipinski definition) is 2. The van der Waals surface area contributed by atoms with Crippen LogP contribution in [0.15, 0.2) is 18.2 Å². The Labute approximate surface area is 115 Å². The van der Waals surface area contributed by atoms with E-state index in [-0.39, 0.29) is 17.6 Å². The monoisotopic (exact) mass is 264 g/mol. The number of carboxylic acid groups (broad SMARTS) is 1. The molecule has 0 amide bonds. The molecule has 0 aromatic heterocycles. The zero-order chi connectivity index (χ0) is 14.8. The Kier molecular flexibility index (Phi) is 4.28. The van der Waals surface area contributed by atoms with Gasteiger partial charge in [0.25, 0.3) is 0 Å². The van der Waals surface area contributed by atoms with Gasteiger partial charge in [-0.3, -0.25) is 4.79 Å². The zero-order valence-corrected chi connectivity index (χ0v) is 12.4. The van der Waals surface area contributed by atoms with Crippen LogP contribution in [0.3, 0.4) is 0 Å². The molecule has 0 saturated carbocycles. The summed E-state index contributed by atoms with van der Waals surface area (Å²) in [7, 11) is 0. The van der Waals surface area contributed by atoms with Crippen molar-refractivity contribution in [1.29, 1.82) is 0 Å². The summed E-state index contributed by atoms with van der Waals surface area (Å²) in [6, 6.07) is 5.53. The molecule has 0 fully saturated rings. The van der Waals surface area contributed by atoms with Crippen molar-refractivity contribution in [3.63, 3.8) is 0 Å². The first kappa shape index (κ1) is 15.5. The van der Waals surface area contributed by atoms with Crippen LogP contribution in [-0.2, 0) is 15.6 Å². The molecule has 106 valence electrons. The maximum Gasteiger partial charge on any atom is 0.304 e. The highest BCUT2D eigenvalue weighted by Crippen LogP contribution is 2.37. The molecule has 0 spiro atoms. The van der Waals surface area contributed by atoms with Gasteiger partial charge in [-0.15, -0.1) is 0 Å². The number of hydrogen-bond donors (Lipinski definition) is 2. The lowest BCUT2D eigenvalue weighted by Crippen LogP contribution is -2.23. The highest BCUT2D eigenvalue weighted by molar-refractivity contribution is 5.69. The van der Waals surface area contributed by atoms with Gasteiger partial charge in [-0.05, 0) is 23.5 Å². The molecule has 0 saturated heterocycles. The summed E-state index contributed by atoms with van der Waals surface area (Å²) in [5.74, 6) is -0.688. The molecule has 19 heavy (non-hydrogen) atoms. The summed E-state index contributed by atoms with van der Waals surface area (Å²) in [6.45, 7) is 10.1. The topological polar surface area (TPSA) is 57.5 Å². The molecule has 0 aliphatic heterocycles. The number of benzene rings is 1. The lowest BCUT2D eigenvalue weighted by Gasteiger charge is -2.29. The Hall–Kier alpha value is -1.51. The SMILES string of the molecule is CCC(C)(C)c1ccc(O)c(C(C)(C)CC(=O)O)c1. The molecule has 0 bridgehead atoms. The maximum atomic E-state index is 11.0. The minimum atomic E-state index is -0.857. The quantitative estimate of drug-likeness (QED) is 0.849. The molecular formula is C16H24O3. The number of phenols is 1. The molecule has 3 nitrogen and oxygen atoms in total. The van der Waals surface area contributed by atoms with Crippen LogP contribution in [0.4, 0.5) is 0 Å². The van der Waals surface area contributed by atoms with E-state index < -0.39 is 11.4 Å². The van der Waals surface area contributed by atoms with Crippen LogP contribution >= 0.6 is 0 Å². The molecule has 3 heteroatoms. The highest BCUT2D eigenvalue weighted by atomic mass is 16.4. The third-order valence-corrected chi connectivity index (χ3v) is 3.98. The van der Waals surface area contributed by atoms with Gasteiger partial charge in [-0.1, -0.05) is 46.8 Å². The van der Waals surface area contributed by atoms with E-state index >= 15 is 0 Å². The zero-order valence-electron chi connectivity index (χ0n) is 12.4. The minimum Gasteiger partial charge on any atom is -0.508 e. The first-order valence-electron chi connectivity index (χ1n) is 6.66. The molecule has 0 radical (unpaired) electrons. The van der Waals surface area contributed by atoms with Crippen molar-refractivity contribution in [2.75, 3.05) is 0 Å². The number of aliphatic carboxylic acids is 1. The van der Waals surface area contributed by atoms with Crippen molar-refractivity contribution in [3.8, 4) is 5.75 Å². The van der Waals surface area contributed by atoms with Crippen LogP contribution in [0, 0.1) is 0 Å². The smallest absolute Gasteiger partial charge is 0.304 e. The van der Waals surface area contributed by atoms with Gasteiger partial charge in [0, 0.05) is 11.0 Å². The average molecular weight is 264 g/mol. The van der Waals surface area contributed by atoms with Crippen LogP contribution in [0.5, 0.6) is 5.75 Å². The van der Waals surface area contributed by atoms with Gasteiger partial charge in [0.15, 0.2) is 0 Å². The second-order valence-corrected chi connectivity index (χ2v) is 6.42. The summed E-state index contributed by atoms with van der Waals surface area (Å²) in [5.41, 5.74) is 1.26. The molecule has 0 heterocycles. The summed E-state index contributed by atoms with van der Waals surface area (Å²) in [5, 5.41) is 19.0. The molecule has 1 aromatic rings. The number of rotatable bonds is 5. The molecule has 0 aliphatic carbocycles. The van der Waals surface area contributed by atoms with Gasteiger partial charge in [-0.2, -0.15) is 0 Å². The molecule has 0 atom stereocenters. The fraction of sp³-hybridized carbons (Fsp3) is 0.562. The number of carboxylic acids is 1. The van der Waals surface area contributed by atoms with Gasteiger partial charge >= 0.3 is 5.97 Å². The molecule has 1 aromatic carbocycles. The van der Waals surface area contributed by atoms with Crippen molar-refractivity contribution in [3.05, 3.63) is 29.3 Å². The largest absolute Gasteiger partial charge is 0.508 e. The van der Waals surface area contributed by atoms with Crippen LogP contribution in [0.2, 0.25) is 0 Å². The van der Waals surface area contributed by atoms with Crippen molar-refractivity contribution in [1.82, 2.24) is 0 Å². The van der Waals surface area contributed by atoms with E-state index in [9.17, 15) is 9.90 Å². The van der Waals surface area contributed by atoms with E-state index in [2.05, 4.69) is 20.8 Å². The van der Waals surface area contributed by atoms with E-state index in [4.69, 9.17) is 5.11 Å². The van der Waals surface area contributed by atoms with Crippen molar-refractivity contribution < 1.29 is 15.0 Å². The summed E-state index contributed by atoms with van der Waals surface area (Å²) in [4.78, 5) is 11.0. The molecule has 0 aliphatic rings. The number of phenolic OH excluding ortho intramolecular Hbond substituents is 1. The van der Waals surface area contributed by atoms with Crippen molar-refractivity contribution in [2.45, 2.75) is 58.3 Å². The third-order valence-electron chi connectivity index (χ3n) is 3.98. The average Bonchev–Trinajstić information content (AvgIpc) is 2.27. The summed E-state index contributed by atoms with van der Waals surface area (Å²) in [6.07, 6.45) is 0.979. The van der Waals surface area contributed by atoms with Gasteiger partial charge in [0.05, 0.1) is 6.42 Å². The van der Waals surface area contributed by atoms with Gasteiger partial charge in [-0.25, -0.2) is 0 Å². The highest BCUT2D eigenvalue weighted by Gasteiger charge is 2.29. The summed E-state index contributed by atoms with van der Waals surface area (Å²) < 4.78 is 0. The molecule has 1 rings (SSSR count). The Bertz CT molecular complexity index is 473. The second-order valence-electron chi connectivity index (χ2n) is 6.42. The Morgan fingerprint density at radius 3 is 2.21 bits per heavy atom. The van der Waals surface area contributed by atoms with Crippen molar-refractivity contribution >= 4 is 5.97 Å². The van der Waals surface area contributed by atoms with Gasteiger partial charge in [0.2, 0.25) is 0 Å². The first-order valence-corrected chi connectivity index (χ1v) is 6.66. The van der Waals surface area contributed by atoms with E-state index in [1.165, 1.54) is 0 Å².